The van der Waals surface area contributed by atoms with Crippen LogP contribution in [-0.2, 0) is 4.79 Å². The summed E-state index contributed by atoms with van der Waals surface area (Å²) in [6.07, 6.45) is 3.35. The Hall–Kier alpha value is -0.0500. The monoisotopic (exact) mass is 247 g/mol. The van der Waals surface area contributed by atoms with Gasteiger partial charge in [0, 0.05) is 5.54 Å². The van der Waals surface area contributed by atoms with Crippen LogP contribution >= 0.6 is 15.9 Å². The van der Waals surface area contributed by atoms with E-state index in [-0.39, 0.29) is 16.3 Å². The molecule has 13 heavy (non-hydrogen) atoms. The molecule has 0 saturated heterocycles. The SMILES string of the molecule is CCC(Br)C(=O)NC(C)(C)C1CC1. The summed E-state index contributed by atoms with van der Waals surface area (Å²) in [7, 11) is 0. The number of nitrogens with one attached hydrogen (secondary N) is 1. The average Bonchev–Trinajstić information content (AvgIpc) is 2.84. The van der Waals surface area contributed by atoms with E-state index >= 15 is 0 Å². The van der Waals surface area contributed by atoms with Crippen LogP contribution in [0.15, 0.2) is 0 Å². The Morgan fingerprint density at radius 3 is 2.54 bits per heavy atom. The van der Waals surface area contributed by atoms with E-state index in [9.17, 15) is 4.79 Å². The highest BCUT2D eigenvalue weighted by Crippen LogP contribution is 2.39. The van der Waals surface area contributed by atoms with Crippen molar-refractivity contribution in [3.8, 4) is 0 Å². The third-order valence-electron chi connectivity index (χ3n) is 2.69. The number of alkyl halides is 1. The summed E-state index contributed by atoms with van der Waals surface area (Å²) < 4.78 is 0. The highest BCUT2D eigenvalue weighted by Gasteiger charge is 2.39. The van der Waals surface area contributed by atoms with Gasteiger partial charge in [-0.1, -0.05) is 22.9 Å². The van der Waals surface area contributed by atoms with Crippen LogP contribution in [-0.4, -0.2) is 16.3 Å². The van der Waals surface area contributed by atoms with E-state index in [0.29, 0.717) is 5.92 Å². The number of rotatable bonds is 4. The molecule has 1 unspecified atom stereocenters. The molecule has 2 nitrogen and oxygen atoms in total. The van der Waals surface area contributed by atoms with Gasteiger partial charge in [0.05, 0.1) is 4.83 Å². The van der Waals surface area contributed by atoms with Crippen molar-refractivity contribution in [3.63, 3.8) is 0 Å². The van der Waals surface area contributed by atoms with Gasteiger partial charge in [0.15, 0.2) is 0 Å². The van der Waals surface area contributed by atoms with Crippen LogP contribution in [0.5, 0.6) is 0 Å². The number of halogens is 1. The minimum atomic E-state index is -0.0366. The molecule has 76 valence electrons. The topological polar surface area (TPSA) is 29.1 Å². The van der Waals surface area contributed by atoms with Crippen LogP contribution in [0.4, 0.5) is 0 Å². The van der Waals surface area contributed by atoms with E-state index in [1.54, 1.807) is 0 Å². The molecule has 1 fully saturated rings. The number of amides is 1. The van der Waals surface area contributed by atoms with Gasteiger partial charge in [0.25, 0.3) is 0 Å². The van der Waals surface area contributed by atoms with E-state index in [0.717, 1.165) is 6.42 Å². The fourth-order valence-electron chi connectivity index (χ4n) is 1.49. The van der Waals surface area contributed by atoms with Crippen molar-refractivity contribution in [1.82, 2.24) is 5.32 Å². The quantitative estimate of drug-likeness (QED) is 0.761. The van der Waals surface area contributed by atoms with E-state index < -0.39 is 0 Å². The van der Waals surface area contributed by atoms with Gasteiger partial charge in [0.2, 0.25) is 5.91 Å². The molecule has 0 aromatic heterocycles. The molecule has 0 aliphatic heterocycles. The number of hydrogen-bond donors (Lipinski definition) is 1. The van der Waals surface area contributed by atoms with E-state index in [1.807, 2.05) is 6.92 Å². The van der Waals surface area contributed by atoms with Crippen LogP contribution in [0.2, 0.25) is 0 Å². The number of hydrogen-bond acceptors (Lipinski definition) is 1. The molecule has 1 atom stereocenters. The second kappa shape index (κ2) is 3.99. The smallest absolute Gasteiger partial charge is 0.234 e. The molecule has 1 aliphatic carbocycles. The molecule has 1 amide bonds. The summed E-state index contributed by atoms with van der Waals surface area (Å²) in [6.45, 7) is 6.22. The molecule has 0 spiro atoms. The first kappa shape index (κ1) is 11.0. The fourth-order valence-corrected chi connectivity index (χ4v) is 1.60. The molecular weight excluding hydrogens is 230 g/mol. The Bertz CT molecular complexity index is 199. The first-order chi connectivity index (χ1) is 5.97. The molecule has 0 heterocycles. The maximum absolute atomic E-state index is 11.6. The van der Waals surface area contributed by atoms with Crippen LogP contribution < -0.4 is 5.32 Å². The summed E-state index contributed by atoms with van der Waals surface area (Å²) in [5, 5.41) is 3.08. The van der Waals surface area contributed by atoms with Crippen molar-refractivity contribution in [3.05, 3.63) is 0 Å². The Morgan fingerprint density at radius 2 is 2.15 bits per heavy atom. The summed E-state index contributed by atoms with van der Waals surface area (Å²) >= 11 is 3.35. The van der Waals surface area contributed by atoms with Crippen molar-refractivity contribution < 1.29 is 4.79 Å². The van der Waals surface area contributed by atoms with Crippen molar-refractivity contribution in [2.24, 2.45) is 5.92 Å². The van der Waals surface area contributed by atoms with Crippen molar-refractivity contribution in [2.45, 2.75) is 50.4 Å². The molecule has 1 N–H and O–H groups in total. The molecule has 0 radical (unpaired) electrons. The highest BCUT2D eigenvalue weighted by atomic mass is 79.9. The Morgan fingerprint density at radius 1 is 1.62 bits per heavy atom. The van der Waals surface area contributed by atoms with E-state index in [4.69, 9.17) is 0 Å². The number of carbonyl (C=O) groups excluding carboxylic acids is 1. The summed E-state index contributed by atoms with van der Waals surface area (Å²) in [4.78, 5) is 11.5. The van der Waals surface area contributed by atoms with Gasteiger partial charge in [0.1, 0.15) is 0 Å². The van der Waals surface area contributed by atoms with E-state index in [2.05, 4.69) is 35.1 Å². The van der Waals surface area contributed by atoms with Crippen molar-refractivity contribution in [1.29, 1.82) is 0 Å². The summed E-state index contributed by atoms with van der Waals surface area (Å²) in [5.41, 5.74) is -0.0156. The Balaban J connectivity index is 2.42. The fraction of sp³-hybridized carbons (Fsp3) is 0.900. The van der Waals surface area contributed by atoms with Gasteiger partial charge in [-0.25, -0.2) is 0 Å². The molecule has 1 saturated carbocycles. The van der Waals surface area contributed by atoms with Crippen LogP contribution in [0.25, 0.3) is 0 Å². The average molecular weight is 248 g/mol. The maximum atomic E-state index is 11.6. The van der Waals surface area contributed by atoms with Gasteiger partial charge in [-0.3, -0.25) is 4.79 Å². The first-order valence-corrected chi connectivity index (χ1v) is 5.85. The minimum Gasteiger partial charge on any atom is -0.350 e. The molecule has 1 aliphatic rings. The third kappa shape index (κ3) is 2.97. The van der Waals surface area contributed by atoms with Crippen molar-refractivity contribution >= 4 is 21.8 Å². The lowest BCUT2D eigenvalue weighted by atomic mass is 9.98. The largest absolute Gasteiger partial charge is 0.350 e. The molecular formula is C10H18BrNO. The molecule has 1 rings (SSSR count). The van der Waals surface area contributed by atoms with Gasteiger partial charge in [-0.2, -0.15) is 0 Å². The van der Waals surface area contributed by atoms with Crippen LogP contribution in [0.1, 0.15) is 40.0 Å². The van der Waals surface area contributed by atoms with Gasteiger partial charge >= 0.3 is 0 Å². The van der Waals surface area contributed by atoms with Gasteiger partial charge in [-0.15, -0.1) is 0 Å². The third-order valence-corrected chi connectivity index (χ3v) is 3.75. The lowest BCUT2D eigenvalue weighted by Gasteiger charge is -2.27. The zero-order valence-electron chi connectivity index (χ0n) is 8.56. The highest BCUT2D eigenvalue weighted by molar-refractivity contribution is 9.10. The van der Waals surface area contributed by atoms with Crippen LogP contribution in [0, 0.1) is 5.92 Å². The molecule has 0 aromatic rings. The molecule has 3 heteroatoms. The summed E-state index contributed by atoms with van der Waals surface area (Å²) in [5.74, 6) is 0.812. The standard InChI is InChI=1S/C10H18BrNO/c1-4-8(11)9(13)12-10(2,3)7-5-6-7/h7-8H,4-6H2,1-3H3,(H,12,13). The maximum Gasteiger partial charge on any atom is 0.234 e. The second-order valence-corrected chi connectivity index (χ2v) is 5.47. The normalized spacial score (nSPS) is 19.7. The Kier molecular flexibility index (Phi) is 3.38. The second-order valence-electron chi connectivity index (χ2n) is 4.36. The van der Waals surface area contributed by atoms with Crippen molar-refractivity contribution in [2.75, 3.05) is 0 Å². The first-order valence-electron chi connectivity index (χ1n) is 4.93. The molecule has 0 bridgehead atoms. The predicted octanol–water partition coefficient (Wildman–Crippen LogP) is 2.46. The lowest BCUT2D eigenvalue weighted by molar-refractivity contribution is -0.122. The van der Waals surface area contributed by atoms with E-state index in [1.165, 1.54) is 12.8 Å². The lowest BCUT2D eigenvalue weighted by Crippen LogP contribution is -2.47. The van der Waals surface area contributed by atoms with Crippen LogP contribution in [0.3, 0.4) is 0 Å². The Labute approximate surface area is 88.6 Å². The minimum absolute atomic E-state index is 0.0156. The van der Waals surface area contributed by atoms with Gasteiger partial charge < -0.3 is 5.32 Å². The predicted molar refractivity (Wildman–Crippen MR) is 58.0 cm³/mol. The zero-order valence-corrected chi connectivity index (χ0v) is 10.1. The van der Waals surface area contributed by atoms with Gasteiger partial charge in [-0.05, 0) is 39.0 Å². The number of carbonyl (C=O) groups is 1. The summed E-state index contributed by atoms with van der Waals surface area (Å²) in [6, 6.07) is 0. The zero-order chi connectivity index (χ0) is 10.1. The molecule has 0 aromatic carbocycles.